The Morgan fingerprint density at radius 2 is 0.667 bits per heavy atom. The average Bonchev–Trinajstić information content (AvgIpc) is 4.17. The van der Waals surface area contributed by atoms with Gasteiger partial charge < -0.3 is 57.8 Å². The number of amides is 6. The topological polar surface area (TPSA) is 249 Å². The monoisotopic (exact) mass is 1160 g/mol. The number of rotatable bonds is 15. The molecule has 0 N–H and O–H groups in total. The van der Waals surface area contributed by atoms with E-state index < -0.39 is 35.1 Å². The number of nitriles is 3. The molecular formula is C63H87N9O12. The van der Waals surface area contributed by atoms with Gasteiger partial charge in [0.25, 0.3) is 0 Å². The number of hydrogen-bond acceptors (Lipinski definition) is 15. The zero-order valence-corrected chi connectivity index (χ0v) is 51.2. The second-order valence-corrected chi connectivity index (χ2v) is 24.2. The fourth-order valence-corrected chi connectivity index (χ4v) is 9.78. The minimum atomic E-state index is -0.606. The average molecular weight is 1160 g/mol. The summed E-state index contributed by atoms with van der Waals surface area (Å²) >= 11 is 0. The molecule has 21 heteroatoms. The van der Waals surface area contributed by atoms with Gasteiger partial charge in [0, 0.05) is 60.4 Å². The molecule has 3 aliphatic heterocycles. The number of ether oxygens (including phenoxy) is 6. The van der Waals surface area contributed by atoms with Gasteiger partial charge in [-0.3, -0.25) is 0 Å². The molecule has 3 aromatic carbocycles. The number of likely N-dealkylation sites (tertiary alicyclic amines) is 3. The Morgan fingerprint density at radius 1 is 0.440 bits per heavy atom. The molecular weight excluding hydrogens is 1070 g/mol. The van der Waals surface area contributed by atoms with Crippen molar-refractivity contribution in [2.45, 2.75) is 156 Å². The molecule has 3 saturated heterocycles. The van der Waals surface area contributed by atoms with Gasteiger partial charge in [-0.1, -0.05) is 91.0 Å². The Bertz CT molecular complexity index is 2420. The SMILES string of the molecule is CN(C(=O)OC(C)(C)C)C(CC#N)C1CCN(C(=O)OCc2ccccc2)C1.CN(C(=O)OC(C)(C)C)[C@@H](CC#N)[C@@H]1CCN(C(=O)OCc2ccccc2)C1.CN(C(=O)OC(C)(C)C)[C@H](CC#N)[C@H]1CCN(C(=O)OCc2ccccc2)C1. The molecule has 6 atom stereocenters. The van der Waals surface area contributed by atoms with E-state index in [9.17, 15) is 44.6 Å². The summed E-state index contributed by atoms with van der Waals surface area (Å²) in [6.07, 6.45) is 0.188. The first-order valence-corrected chi connectivity index (χ1v) is 28.5. The van der Waals surface area contributed by atoms with Crippen molar-refractivity contribution >= 4 is 36.6 Å². The molecule has 0 spiro atoms. The van der Waals surface area contributed by atoms with Crippen LogP contribution in [0.4, 0.5) is 28.8 Å². The lowest BCUT2D eigenvalue weighted by atomic mass is 9.95. The molecule has 3 fully saturated rings. The predicted octanol–water partition coefficient (Wildman–Crippen LogP) is 11.4. The third kappa shape index (κ3) is 23.2. The maximum Gasteiger partial charge on any atom is 0.410 e. The van der Waals surface area contributed by atoms with Gasteiger partial charge in [0.05, 0.1) is 55.6 Å². The number of hydrogen-bond donors (Lipinski definition) is 0. The van der Waals surface area contributed by atoms with Crippen LogP contribution in [0.2, 0.25) is 0 Å². The molecule has 0 bridgehead atoms. The minimum Gasteiger partial charge on any atom is -0.445 e. The number of benzene rings is 3. The van der Waals surface area contributed by atoms with Crippen LogP contribution in [0.15, 0.2) is 91.0 Å². The highest BCUT2D eigenvalue weighted by molar-refractivity contribution is 5.71. The summed E-state index contributed by atoms with van der Waals surface area (Å²) in [5.74, 6) is 0.00401. The third-order valence-electron chi connectivity index (χ3n) is 14.1. The molecule has 2 unspecified atom stereocenters. The van der Waals surface area contributed by atoms with E-state index in [2.05, 4.69) is 18.2 Å². The number of carbonyl (C=O) groups is 6. The smallest absolute Gasteiger partial charge is 0.410 e. The Morgan fingerprint density at radius 3 is 0.869 bits per heavy atom. The van der Waals surface area contributed by atoms with E-state index in [-0.39, 0.29) is 93.2 Å². The van der Waals surface area contributed by atoms with Crippen LogP contribution in [-0.2, 0) is 48.2 Å². The summed E-state index contributed by atoms with van der Waals surface area (Å²) in [5.41, 5.74) is 0.971. The quantitative estimate of drug-likeness (QED) is 0.128. The van der Waals surface area contributed by atoms with Gasteiger partial charge >= 0.3 is 36.6 Å². The molecule has 6 rings (SSSR count). The molecule has 6 amide bonds. The number of carbonyl (C=O) groups excluding carboxylic acids is 6. The normalized spacial score (nSPS) is 17.5. The van der Waals surface area contributed by atoms with Crippen LogP contribution in [0, 0.1) is 51.7 Å². The van der Waals surface area contributed by atoms with Crippen molar-refractivity contribution in [1.82, 2.24) is 29.4 Å². The van der Waals surface area contributed by atoms with Crippen molar-refractivity contribution in [3.63, 3.8) is 0 Å². The fourth-order valence-electron chi connectivity index (χ4n) is 9.78. The third-order valence-corrected chi connectivity index (χ3v) is 14.1. The second-order valence-electron chi connectivity index (χ2n) is 24.2. The summed E-state index contributed by atoms with van der Waals surface area (Å²) in [7, 11) is 4.94. The van der Waals surface area contributed by atoms with Gasteiger partial charge in [0.1, 0.15) is 36.6 Å². The Hall–Kier alpha value is -8.25. The summed E-state index contributed by atoms with van der Waals surface area (Å²) in [4.78, 5) is 83.7. The second kappa shape index (κ2) is 32.6. The van der Waals surface area contributed by atoms with Crippen molar-refractivity contribution in [3.8, 4) is 18.2 Å². The molecule has 0 saturated carbocycles. The Labute approximate surface area is 496 Å². The first-order valence-electron chi connectivity index (χ1n) is 28.5. The summed E-state index contributed by atoms with van der Waals surface area (Å²) in [6.45, 7) is 19.9. The maximum atomic E-state index is 12.4. The van der Waals surface area contributed by atoms with Crippen molar-refractivity contribution in [2.75, 3.05) is 60.4 Å². The van der Waals surface area contributed by atoms with E-state index in [0.717, 1.165) is 16.7 Å². The predicted molar refractivity (Wildman–Crippen MR) is 313 cm³/mol. The lowest BCUT2D eigenvalue weighted by Crippen LogP contribution is -2.45. The van der Waals surface area contributed by atoms with Crippen LogP contribution in [-0.4, -0.2) is 161 Å². The first kappa shape index (κ1) is 68.3. The van der Waals surface area contributed by atoms with Crippen molar-refractivity contribution in [2.24, 2.45) is 17.8 Å². The maximum absolute atomic E-state index is 12.4. The van der Waals surface area contributed by atoms with Gasteiger partial charge in [-0.05, 0) is 116 Å². The van der Waals surface area contributed by atoms with Gasteiger partial charge in [-0.2, -0.15) is 15.8 Å². The molecule has 0 aliphatic carbocycles. The summed E-state index contributed by atoms with van der Waals surface area (Å²) < 4.78 is 32.4. The molecule has 0 aromatic heterocycles. The van der Waals surface area contributed by atoms with Crippen molar-refractivity contribution < 1.29 is 57.2 Å². The number of nitrogens with zero attached hydrogens (tertiary/aromatic N) is 9. The Kier molecular flexibility index (Phi) is 26.5. The highest BCUT2D eigenvalue weighted by Crippen LogP contribution is 2.30. The van der Waals surface area contributed by atoms with Gasteiger partial charge in [0.15, 0.2) is 0 Å². The molecule has 21 nitrogen and oxygen atoms in total. The molecule has 3 aliphatic rings. The standard InChI is InChI=1S/3C21H29N3O4/c3*1-21(2,3)28-19(25)23(4)18(10-12-22)17-11-13-24(14-17)20(26)27-15-16-8-6-5-7-9-16/h3*5-9,17-18H,10-11,13-15H2,1-4H3/t2*17-,18+;/m10./s1. The van der Waals surface area contributed by atoms with Crippen LogP contribution in [0.1, 0.15) is 118 Å². The summed E-state index contributed by atoms with van der Waals surface area (Å²) in [5, 5.41) is 27.6. The van der Waals surface area contributed by atoms with E-state index in [1.165, 1.54) is 14.7 Å². The van der Waals surface area contributed by atoms with Crippen LogP contribution < -0.4 is 0 Å². The van der Waals surface area contributed by atoms with Crippen LogP contribution in [0.25, 0.3) is 0 Å². The largest absolute Gasteiger partial charge is 0.445 e. The van der Waals surface area contributed by atoms with Gasteiger partial charge in [0.2, 0.25) is 0 Å². The van der Waals surface area contributed by atoms with Gasteiger partial charge in [-0.25, -0.2) is 28.8 Å². The zero-order valence-electron chi connectivity index (χ0n) is 51.2. The van der Waals surface area contributed by atoms with Crippen LogP contribution in [0.5, 0.6) is 0 Å². The highest BCUT2D eigenvalue weighted by atomic mass is 16.6. The van der Waals surface area contributed by atoms with Crippen molar-refractivity contribution in [3.05, 3.63) is 108 Å². The fraction of sp³-hybridized carbons (Fsp3) is 0.571. The molecule has 84 heavy (non-hydrogen) atoms. The van der Waals surface area contributed by atoms with Crippen LogP contribution in [0.3, 0.4) is 0 Å². The molecule has 0 radical (unpaired) electrons. The highest BCUT2D eigenvalue weighted by Gasteiger charge is 2.40. The van der Waals surface area contributed by atoms with E-state index in [1.54, 1.807) is 98.2 Å². The molecule has 3 aromatic rings. The van der Waals surface area contributed by atoms with Crippen molar-refractivity contribution in [1.29, 1.82) is 15.8 Å². The van der Waals surface area contributed by atoms with E-state index in [4.69, 9.17) is 28.4 Å². The van der Waals surface area contributed by atoms with Crippen LogP contribution >= 0.6 is 0 Å². The Balaban J connectivity index is 0.000000270. The van der Waals surface area contributed by atoms with E-state index in [1.807, 2.05) is 91.0 Å². The lowest BCUT2D eigenvalue weighted by molar-refractivity contribution is 0.0161. The molecule has 3 heterocycles. The van der Waals surface area contributed by atoms with E-state index >= 15 is 0 Å². The lowest BCUT2D eigenvalue weighted by Gasteiger charge is -2.32. The zero-order chi connectivity index (χ0) is 62.2. The minimum absolute atomic E-state index is 0.00134. The van der Waals surface area contributed by atoms with E-state index in [0.29, 0.717) is 58.5 Å². The first-order chi connectivity index (χ1) is 39.6. The molecule has 456 valence electrons. The summed E-state index contributed by atoms with van der Waals surface area (Å²) in [6, 6.07) is 34.0. The van der Waals surface area contributed by atoms with Gasteiger partial charge in [-0.15, -0.1) is 0 Å².